The zero-order valence-electron chi connectivity index (χ0n) is 11.8. The van der Waals surface area contributed by atoms with E-state index in [2.05, 4.69) is 60.5 Å². The van der Waals surface area contributed by atoms with Gasteiger partial charge in [-0.3, -0.25) is 0 Å². The first-order chi connectivity index (χ1) is 8.36. The molecule has 4 heteroatoms. The number of halogens is 2. The van der Waals surface area contributed by atoms with E-state index >= 15 is 0 Å². The van der Waals surface area contributed by atoms with Crippen LogP contribution in [0.2, 0.25) is 0 Å². The summed E-state index contributed by atoms with van der Waals surface area (Å²) in [5.41, 5.74) is 1.26. The molecule has 0 aliphatic carbocycles. The lowest BCUT2D eigenvalue weighted by atomic mass is 10.2. The van der Waals surface area contributed by atoms with Gasteiger partial charge in [-0.25, -0.2) is 0 Å². The zero-order valence-corrected chi connectivity index (χ0v) is 13.5. The third-order valence-corrected chi connectivity index (χ3v) is 2.87. The van der Waals surface area contributed by atoms with Gasteiger partial charge in [0.05, 0.1) is 0 Å². The molecule has 0 atom stereocenters. The fraction of sp³-hybridized carbons (Fsp3) is 0.467. The Labute approximate surface area is 130 Å². The van der Waals surface area contributed by atoms with Crippen LogP contribution >= 0.6 is 24.8 Å². The summed E-state index contributed by atoms with van der Waals surface area (Å²) in [5, 5.41) is 3.43. The second-order valence-electron chi connectivity index (χ2n) is 4.04. The Kier molecular flexibility index (Phi) is 15.2. The van der Waals surface area contributed by atoms with E-state index in [1.54, 1.807) is 0 Å². The monoisotopic (exact) mass is 304 g/mol. The minimum absolute atomic E-state index is 0. The SMILES string of the molecule is CCN(CC)CCNC/C=C/c1ccccc1.Cl.Cl. The molecule has 0 amide bonds. The third-order valence-electron chi connectivity index (χ3n) is 2.87. The average molecular weight is 305 g/mol. The summed E-state index contributed by atoms with van der Waals surface area (Å²) in [5.74, 6) is 0. The van der Waals surface area contributed by atoms with E-state index in [1.165, 1.54) is 5.56 Å². The van der Waals surface area contributed by atoms with Gasteiger partial charge in [0.15, 0.2) is 0 Å². The summed E-state index contributed by atoms with van der Waals surface area (Å²) in [6.07, 6.45) is 4.34. The van der Waals surface area contributed by atoms with Crippen molar-refractivity contribution in [1.29, 1.82) is 0 Å². The molecule has 0 saturated carbocycles. The van der Waals surface area contributed by atoms with Crippen LogP contribution in [-0.4, -0.2) is 37.6 Å². The first kappa shape index (κ1) is 20.8. The largest absolute Gasteiger partial charge is 0.312 e. The van der Waals surface area contributed by atoms with Gasteiger partial charge in [-0.15, -0.1) is 24.8 Å². The number of hydrogen-bond donors (Lipinski definition) is 1. The summed E-state index contributed by atoms with van der Waals surface area (Å²) in [4.78, 5) is 2.42. The predicted octanol–water partition coefficient (Wildman–Crippen LogP) is 3.47. The second kappa shape index (κ2) is 13.9. The van der Waals surface area contributed by atoms with Gasteiger partial charge in [-0.1, -0.05) is 56.3 Å². The maximum atomic E-state index is 3.43. The molecule has 19 heavy (non-hydrogen) atoms. The van der Waals surface area contributed by atoms with Gasteiger partial charge >= 0.3 is 0 Å². The van der Waals surface area contributed by atoms with Gasteiger partial charge in [0.25, 0.3) is 0 Å². The second-order valence-corrected chi connectivity index (χ2v) is 4.04. The Hall–Kier alpha value is -0.540. The van der Waals surface area contributed by atoms with Gasteiger partial charge < -0.3 is 10.2 Å². The fourth-order valence-corrected chi connectivity index (χ4v) is 1.72. The highest BCUT2D eigenvalue weighted by Crippen LogP contribution is 1.99. The Balaban J connectivity index is 0. The van der Waals surface area contributed by atoms with Crippen molar-refractivity contribution in [2.24, 2.45) is 0 Å². The first-order valence-corrected chi connectivity index (χ1v) is 6.51. The van der Waals surface area contributed by atoms with E-state index in [1.807, 2.05) is 6.07 Å². The minimum Gasteiger partial charge on any atom is -0.312 e. The van der Waals surface area contributed by atoms with Crippen molar-refractivity contribution in [3.63, 3.8) is 0 Å². The quantitative estimate of drug-likeness (QED) is 0.740. The van der Waals surface area contributed by atoms with E-state index < -0.39 is 0 Å². The van der Waals surface area contributed by atoms with Crippen LogP contribution in [0.15, 0.2) is 36.4 Å². The molecular formula is C15H26Cl2N2. The number of rotatable bonds is 8. The van der Waals surface area contributed by atoms with Crippen molar-refractivity contribution < 1.29 is 0 Å². The Bertz CT molecular complexity index is 311. The predicted molar refractivity (Wildman–Crippen MR) is 90.6 cm³/mol. The summed E-state index contributed by atoms with van der Waals surface area (Å²) in [7, 11) is 0. The molecule has 0 heterocycles. The molecule has 1 rings (SSSR count). The normalized spacial score (nSPS) is 10.3. The lowest BCUT2D eigenvalue weighted by molar-refractivity contribution is 0.304. The topological polar surface area (TPSA) is 15.3 Å². The highest BCUT2D eigenvalue weighted by molar-refractivity contribution is 5.85. The molecule has 1 N–H and O–H groups in total. The lowest BCUT2D eigenvalue weighted by Crippen LogP contribution is -2.31. The molecule has 0 aliphatic rings. The van der Waals surface area contributed by atoms with Crippen molar-refractivity contribution in [2.45, 2.75) is 13.8 Å². The molecule has 0 spiro atoms. The van der Waals surface area contributed by atoms with Crippen LogP contribution in [0.25, 0.3) is 6.08 Å². The maximum Gasteiger partial charge on any atom is 0.0138 e. The van der Waals surface area contributed by atoms with Gasteiger partial charge in [0, 0.05) is 19.6 Å². The molecule has 0 radical (unpaired) electrons. The van der Waals surface area contributed by atoms with Crippen LogP contribution in [-0.2, 0) is 0 Å². The number of hydrogen-bond acceptors (Lipinski definition) is 2. The molecule has 0 saturated heterocycles. The Morgan fingerprint density at radius 3 is 2.26 bits per heavy atom. The number of nitrogens with one attached hydrogen (secondary N) is 1. The van der Waals surface area contributed by atoms with Crippen molar-refractivity contribution >= 4 is 30.9 Å². The molecule has 2 nitrogen and oxygen atoms in total. The number of benzene rings is 1. The molecule has 110 valence electrons. The fourth-order valence-electron chi connectivity index (χ4n) is 1.72. The van der Waals surface area contributed by atoms with Gasteiger partial charge in [0.2, 0.25) is 0 Å². The van der Waals surface area contributed by atoms with Gasteiger partial charge in [-0.2, -0.15) is 0 Å². The van der Waals surface area contributed by atoms with E-state index in [0.717, 1.165) is 32.7 Å². The number of nitrogens with zero attached hydrogens (tertiary/aromatic N) is 1. The third kappa shape index (κ3) is 9.97. The van der Waals surface area contributed by atoms with Crippen LogP contribution in [0.3, 0.4) is 0 Å². The van der Waals surface area contributed by atoms with Crippen LogP contribution < -0.4 is 5.32 Å². The van der Waals surface area contributed by atoms with E-state index in [4.69, 9.17) is 0 Å². The standard InChI is InChI=1S/C15H24N2.2ClH/c1-3-17(4-2)14-13-16-12-8-11-15-9-6-5-7-10-15;;/h5-11,16H,3-4,12-14H2,1-2H3;2*1H/b11-8+;;. The molecule has 0 fully saturated rings. The van der Waals surface area contributed by atoms with E-state index in [0.29, 0.717) is 0 Å². The van der Waals surface area contributed by atoms with Gasteiger partial charge in [0.1, 0.15) is 0 Å². The van der Waals surface area contributed by atoms with Crippen molar-refractivity contribution in [1.82, 2.24) is 10.2 Å². The smallest absolute Gasteiger partial charge is 0.0138 e. The summed E-state index contributed by atoms with van der Waals surface area (Å²) >= 11 is 0. The average Bonchev–Trinajstić information content (AvgIpc) is 2.39. The molecule has 0 aliphatic heterocycles. The van der Waals surface area contributed by atoms with E-state index in [-0.39, 0.29) is 24.8 Å². The highest BCUT2D eigenvalue weighted by Gasteiger charge is 1.95. The van der Waals surface area contributed by atoms with Crippen molar-refractivity contribution in [3.05, 3.63) is 42.0 Å². The lowest BCUT2D eigenvalue weighted by Gasteiger charge is -2.17. The molecule has 0 unspecified atom stereocenters. The van der Waals surface area contributed by atoms with Crippen LogP contribution in [0.4, 0.5) is 0 Å². The summed E-state index contributed by atoms with van der Waals surface area (Å²) in [6, 6.07) is 10.4. The summed E-state index contributed by atoms with van der Waals surface area (Å²) < 4.78 is 0. The van der Waals surface area contributed by atoms with Crippen LogP contribution in [0.5, 0.6) is 0 Å². The Morgan fingerprint density at radius 1 is 1.05 bits per heavy atom. The molecular weight excluding hydrogens is 279 g/mol. The maximum absolute atomic E-state index is 3.43. The highest BCUT2D eigenvalue weighted by atomic mass is 35.5. The van der Waals surface area contributed by atoms with Crippen LogP contribution in [0.1, 0.15) is 19.4 Å². The molecule has 0 aromatic heterocycles. The van der Waals surface area contributed by atoms with Crippen molar-refractivity contribution in [3.8, 4) is 0 Å². The number of likely N-dealkylation sites (N-methyl/N-ethyl adjacent to an activating group) is 1. The molecule has 0 bridgehead atoms. The van der Waals surface area contributed by atoms with E-state index in [9.17, 15) is 0 Å². The van der Waals surface area contributed by atoms with Crippen molar-refractivity contribution in [2.75, 3.05) is 32.7 Å². The van der Waals surface area contributed by atoms with Crippen LogP contribution in [0, 0.1) is 0 Å². The Morgan fingerprint density at radius 2 is 1.68 bits per heavy atom. The molecule has 1 aromatic rings. The first-order valence-electron chi connectivity index (χ1n) is 6.51. The summed E-state index contributed by atoms with van der Waals surface area (Å²) in [6.45, 7) is 9.82. The minimum atomic E-state index is 0. The zero-order chi connectivity index (χ0) is 12.3. The molecule has 1 aromatic carbocycles. The van der Waals surface area contributed by atoms with Gasteiger partial charge in [-0.05, 0) is 18.7 Å².